The highest BCUT2D eigenvalue weighted by Gasteiger charge is 2.12. The van der Waals surface area contributed by atoms with E-state index in [2.05, 4.69) is 10.3 Å². The maximum absolute atomic E-state index is 13.2. The number of hydrogen-bond acceptors (Lipinski definition) is 5. The van der Waals surface area contributed by atoms with Crippen LogP contribution in [0.4, 0.5) is 4.39 Å². The normalized spacial score (nSPS) is 10.6. The highest BCUT2D eigenvalue weighted by Crippen LogP contribution is 2.14. The molecule has 1 N–H and O–H groups in total. The molecule has 1 amide bonds. The predicted molar refractivity (Wildman–Crippen MR) is 84.4 cm³/mol. The van der Waals surface area contributed by atoms with Crippen molar-refractivity contribution in [3.63, 3.8) is 0 Å². The van der Waals surface area contributed by atoms with E-state index in [1.807, 2.05) is 0 Å². The van der Waals surface area contributed by atoms with Crippen molar-refractivity contribution in [2.24, 2.45) is 0 Å². The van der Waals surface area contributed by atoms with Crippen LogP contribution in [0.25, 0.3) is 10.8 Å². The Bertz CT molecular complexity index is 968. The van der Waals surface area contributed by atoms with E-state index in [0.717, 1.165) is 11.6 Å². The van der Waals surface area contributed by atoms with E-state index >= 15 is 0 Å². The molecule has 0 saturated heterocycles. The molecule has 0 fully saturated rings. The number of aromatic nitrogens is 1. The monoisotopic (exact) mass is 328 g/mol. The first-order valence-corrected chi connectivity index (χ1v) is 7.07. The van der Waals surface area contributed by atoms with Gasteiger partial charge in [0.05, 0.1) is 12.5 Å². The van der Waals surface area contributed by atoms with Gasteiger partial charge in [-0.15, -0.1) is 0 Å². The molecule has 122 valence electrons. The zero-order valence-corrected chi connectivity index (χ0v) is 12.7. The number of carbonyl (C=O) groups is 1. The first-order chi connectivity index (χ1) is 11.6. The molecule has 0 unspecified atom stereocenters. The number of fused-ring (bicyclic) bond motifs is 1. The Morgan fingerprint density at radius 2 is 2.12 bits per heavy atom. The average Bonchev–Trinajstić information content (AvgIpc) is 2.60. The molecule has 0 aliphatic heterocycles. The van der Waals surface area contributed by atoms with Crippen LogP contribution < -0.4 is 15.7 Å². The summed E-state index contributed by atoms with van der Waals surface area (Å²) in [5.74, 6) is -0.797. The van der Waals surface area contributed by atoms with Gasteiger partial charge in [-0.25, -0.2) is 14.2 Å². The number of nitrogens with zero attached hydrogens (tertiary/aromatic N) is 1. The standard InChI is InChI=1S/C17H13FN2O4/c1-23-15-6-10(4-5-19-15)9-20-16(21)14-7-11-2-3-12(18)8-13(11)17(22)24-14/h2-8H,9H2,1H3,(H,20,21). The number of carbonyl (C=O) groups excluding carboxylic acids is 1. The van der Waals surface area contributed by atoms with Gasteiger partial charge < -0.3 is 14.5 Å². The summed E-state index contributed by atoms with van der Waals surface area (Å²) in [6, 6.07) is 8.52. The van der Waals surface area contributed by atoms with Gasteiger partial charge in [-0.1, -0.05) is 6.07 Å². The minimum absolute atomic E-state index is 0.0884. The lowest BCUT2D eigenvalue weighted by molar-refractivity contribution is 0.0919. The summed E-state index contributed by atoms with van der Waals surface area (Å²) in [5, 5.41) is 3.16. The van der Waals surface area contributed by atoms with Crippen LogP contribution in [0.15, 0.2) is 51.8 Å². The number of ether oxygens (including phenoxy) is 1. The van der Waals surface area contributed by atoms with E-state index in [4.69, 9.17) is 9.15 Å². The average molecular weight is 328 g/mol. The van der Waals surface area contributed by atoms with Crippen LogP contribution in [-0.4, -0.2) is 18.0 Å². The van der Waals surface area contributed by atoms with Crippen LogP contribution >= 0.6 is 0 Å². The molecule has 0 aliphatic rings. The van der Waals surface area contributed by atoms with E-state index in [-0.39, 0.29) is 17.7 Å². The number of halogens is 1. The lowest BCUT2D eigenvalue weighted by Crippen LogP contribution is -2.24. The molecule has 3 rings (SSSR count). The molecule has 24 heavy (non-hydrogen) atoms. The summed E-state index contributed by atoms with van der Waals surface area (Å²) in [6.45, 7) is 0.211. The van der Waals surface area contributed by atoms with Crippen molar-refractivity contribution in [3.05, 3.63) is 70.2 Å². The second-order valence-corrected chi connectivity index (χ2v) is 5.02. The molecule has 0 bridgehead atoms. The molecular weight excluding hydrogens is 315 g/mol. The van der Waals surface area contributed by atoms with Crippen molar-refractivity contribution in [2.45, 2.75) is 6.54 Å². The third-order valence-electron chi connectivity index (χ3n) is 3.41. The van der Waals surface area contributed by atoms with Gasteiger partial charge in [0, 0.05) is 18.8 Å². The number of hydrogen-bond donors (Lipinski definition) is 1. The van der Waals surface area contributed by atoms with Crippen LogP contribution in [0.1, 0.15) is 16.1 Å². The topological polar surface area (TPSA) is 81.4 Å². The summed E-state index contributed by atoms with van der Waals surface area (Å²) in [7, 11) is 1.50. The minimum Gasteiger partial charge on any atom is -0.481 e. The third kappa shape index (κ3) is 3.24. The van der Waals surface area contributed by atoms with Gasteiger partial charge in [-0.3, -0.25) is 4.79 Å². The third-order valence-corrected chi connectivity index (χ3v) is 3.41. The zero-order chi connectivity index (χ0) is 17.1. The zero-order valence-electron chi connectivity index (χ0n) is 12.7. The quantitative estimate of drug-likeness (QED) is 0.794. The molecule has 0 aliphatic carbocycles. The number of rotatable bonds is 4. The number of amides is 1. The first-order valence-electron chi connectivity index (χ1n) is 7.07. The fourth-order valence-electron chi connectivity index (χ4n) is 2.21. The molecule has 0 saturated carbocycles. The summed E-state index contributed by atoms with van der Waals surface area (Å²) in [4.78, 5) is 28.0. The second-order valence-electron chi connectivity index (χ2n) is 5.02. The van der Waals surface area contributed by atoms with Crippen LogP contribution in [0.2, 0.25) is 0 Å². The van der Waals surface area contributed by atoms with Gasteiger partial charge in [0.15, 0.2) is 5.76 Å². The van der Waals surface area contributed by atoms with Gasteiger partial charge in [0.25, 0.3) is 5.91 Å². The first kappa shape index (κ1) is 15.7. The number of benzene rings is 1. The molecular formula is C17H13FN2O4. The molecule has 2 aromatic heterocycles. The van der Waals surface area contributed by atoms with Gasteiger partial charge in [-0.2, -0.15) is 0 Å². The Hall–Kier alpha value is -3.22. The van der Waals surface area contributed by atoms with Gasteiger partial charge in [0.2, 0.25) is 5.88 Å². The molecule has 3 aromatic rings. The van der Waals surface area contributed by atoms with Gasteiger partial charge in [0.1, 0.15) is 5.82 Å². The summed E-state index contributed by atoms with van der Waals surface area (Å²) in [6.07, 6.45) is 1.56. The fraction of sp³-hybridized carbons (Fsp3) is 0.118. The number of pyridine rings is 1. The fourth-order valence-corrected chi connectivity index (χ4v) is 2.21. The maximum atomic E-state index is 13.2. The Balaban J connectivity index is 1.81. The number of methoxy groups -OCH3 is 1. The van der Waals surface area contributed by atoms with Crippen molar-refractivity contribution in [2.75, 3.05) is 7.11 Å². The minimum atomic E-state index is -0.761. The van der Waals surface area contributed by atoms with Gasteiger partial charge in [-0.05, 0) is 35.2 Å². The Labute approximate surface area is 135 Å². The molecule has 0 radical (unpaired) electrons. The number of nitrogens with one attached hydrogen (secondary N) is 1. The van der Waals surface area contributed by atoms with E-state index in [1.54, 1.807) is 18.3 Å². The lowest BCUT2D eigenvalue weighted by Gasteiger charge is -2.06. The Kier molecular flexibility index (Phi) is 4.24. The SMILES string of the molecule is COc1cc(CNC(=O)c2cc3ccc(F)cc3c(=O)o2)ccn1. The molecule has 2 heterocycles. The lowest BCUT2D eigenvalue weighted by atomic mass is 10.1. The largest absolute Gasteiger partial charge is 0.481 e. The van der Waals surface area contributed by atoms with Gasteiger partial charge >= 0.3 is 5.63 Å². The van der Waals surface area contributed by atoms with Crippen LogP contribution in [0.5, 0.6) is 5.88 Å². The van der Waals surface area contributed by atoms with E-state index in [9.17, 15) is 14.0 Å². The van der Waals surface area contributed by atoms with Crippen LogP contribution in [-0.2, 0) is 6.54 Å². The Morgan fingerprint density at radius 3 is 2.92 bits per heavy atom. The molecule has 7 heteroatoms. The maximum Gasteiger partial charge on any atom is 0.344 e. The molecule has 6 nitrogen and oxygen atoms in total. The van der Waals surface area contributed by atoms with Crippen molar-refractivity contribution < 1.29 is 18.3 Å². The van der Waals surface area contributed by atoms with Crippen molar-refractivity contribution in [3.8, 4) is 5.88 Å². The highest BCUT2D eigenvalue weighted by atomic mass is 19.1. The van der Waals surface area contributed by atoms with Crippen molar-refractivity contribution in [1.82, 2.24) is 10.3 Å². The van der Waals surface area contributed by atoms with E-state index in [1.165, 1.54) is 25.3 Å². The van der Waals surface area contributed by atoms with E-state index < -0.39 is 17.3 Å². The molecule has 1 aromatic carbocycles. The van der Waals surface area contributed by atoms with Crippen molar-refractivity contribution in [1.29, 1.82) is 0 Å². The summed E-state index contributed by atoms with van der Waals surface area (Å²) >= 11 is 0. The highest BCUT2D eigenvalue weighted by molar-refractivity contribution is 5.95. The molecule has 0 atom stereocenters. The smallest absolute Gasteiger partial charge is 0.344 e. The van der Waals surface area contributed by atoms with Crippen molar-refractivity contribution >= 4 is 16.7 Å². The van der Waals surface area contributed by atoms with Crippen LogP contribution in [0.3, 0.4) is 0 Å². The molecule has 0 spiro atoms. The van der Waals surface area contributed by atoms with E-state index in [0.29, 0.717) is 11.3 Å². The Morgan fingerprint density at radius 1 is 1.29 bits per heavy atom. The summed E-state index contributed by atoms with van der Waals surface area (Å²) < 4.78 is 23.1. The second kappa shape index (κ2) is 6.49. The van der Waals surface area contributed by atoms with Crippen LogP contribution in [0, 0.1) is 5.82 Å². The summed E-state index contributed by atoms with van der Waals surface area (Å²) in [5.41, 5.74) is 0.0168. The predicted octanol–water partition coefficient (Wildman–Crippen LogP) is 2.27.